The Labute approximate surface area is 141 Å². The molecule has 130 valence electrons. The first-order chi connectivity index (χ1) is 11.5. The molecule has 2 aromatic heterocycles. The highest BCUT2D eigenvalue weighted by Gasteiger charge is 2.29. The van der Waals surface area contributed by atoms with Gasteiger partial charge in [0.2, 0.25) is 11.8 Å². The predicted octanol–water partition coefficient (Wildman–Crippen LogP) is 2.36. The molecule has 1 saturated heterocycles. The van der Waals surface area contributed by atoms with Crippen LogP contribution < -0.4 is 0 Å². The van der Waals surface area contributed by atoms with Gasteiger partial charge in [-0.3, -0.25) is 9.69 Å². The van der Waals surface area contributed by atoms with Crippen LogP contribution in [0.1, 0.15) is 53.5 Å². The molecule has 0 radical (unpaired) electrons. The van der Waals surface area contributed by atoms with E-state index in [0.29, 0.717) is 36.2 Å². The zero-order valence-corrected chi connectivity index (χ0v) is 14.7. The number of carbonyl (C=O) groups is 1. The van der Waals surface area contributed by atoms with Gasteiger partial charge in [-0.25, -0.2) is 0 Å². The van der Waals surface area contributed by atoms with Gasteiger partial charge in [-0.1, -0.05) is 6.92 Å². The van der Waals surface area contributed by atoms with Crippen molar-refractivity contribution >= 4 is 5.91 Å². The summed E-state index contributed by atoms with van der Waals surface area (Å²) >= 11 is 0. The van der Waals surface area contributed by atoms with Crippen molar-refractivity contribution in [2.45, 2.75) is 40.2 Å². The van der Waals surface area contributed by atoms with Crippen LogP contribution in [0.2, 0.25) is 0 Å². The Balaban J connectivity index is 1.61. The first-order valence-electron chi connectivity index (χ1n) is 8.42. The van der Waals surface area contributed by atoms with E-state index in [0.717, 1.165) is 25.3 Å². The SMILES string of the molecule is CCc1nnc(C(C)N2CCN(C(=O)c3cc(C)oc3C)CC2)o1. The number of amides is 1. The van der Waals surface area contributed by atoms with Crippen LogP contribution >= 0.6 is 0 Å². The lowest BCUT2D eigenvalue weighted by atomic mass is 10.1. The molecule has 1 aliphatic rings. The second-order valence-corrected chi connectivity index (χ2v) is 6.22. The number of piperazine rings is 1. The maximum Gasteiger partial charge on any atom is 0.257 e. The van der Waals surface area contributed by atoms with Crippen molar-refractivity contribution in [2.24, 2.45) is 0 Å². The molecule has 1 amide bonds. The van der Waals surface area contributed by atoms with E-state index in [4.69, 9.17) is 8.83 Å². The minimum Gasteiger partial charge on any atom is -0.466 e. The Morgan fingerprint density at radius 2 is 1.92 bits per heavy atom. The van der Waals surface area contributed by atoms with E-state index >= 15 is 0 Å². The molecule has 7 heteroatoms. The molecule has 0 aliphatic carbocycles. The standard InChI is InChI=1S/C17H24N4O3/c1-5-15-18-19-16(24-15)12(3)20-6-8-21(9-7-20)17(22)14-10-11(2)23-13(14)4/h10,12H,5-9H2,1-4H3. The van der Waals surface area contributed by atoms with Crippen LogP contribution in [-0.2, 0) is 6.42 Å². The number of aromatic nitrogens is 2. The summed E-state index contributed by atoms with van der Waals surface area (Å²) in [6.07, 6.45) is 0.742. The minimum absolute atomic E-state index is 0.0442. The molecule has 1 unspecified atom stereocenters. The fourth-order valence-corrected chi connectivity index (χ4v) is 3.06. The number of carbonyl (C=O) groups excluding carboxylic acids is 1. The van der Waals surface area contributed by atoms with Crippen LogP contribution in [-0.4, -0.2) is 52.1 Å². The number of aryl methyl sites for hydroxylation is 3. The van der Waals surface area contributed by atoms with Gasteiger partial charge < -0.3 is 13.7 Å². The highest BCUT2D eigenvalue weighted by atomic mass is 16.4. The number of furan rings is 1. The molecule has 0 aromatic carbocycles. The molecule has 0 N–H and O–H groups in total. The van der Waals surface area contributed by atoms with Crippen molar-refractivity contribution in [3.05, 3.63) is 34.9 Å². The lowest BCUT2D eigenvalue weighted by molar-refractivity contribution is 0.0556. The molecular weight excluding hydrogens is 308 g/mol. The van der Waals surface area contributed by atoms with Gasteiger partial charge in [-0.05, 0) is 26.8 Å². The molecule has 0 spiro atoms. The van der Waals surface area contributed by atoms with Gasteiger partial charge in [0.25, 0.3) is 5.91 Å². The summed E-state index contributed by atoms with van der Waals surface area (Å²) in [5.74, 6) is 2.81. The second kappa shape index (κ2) is 6.76. The highest BCUT2D eigenvalue weighted by molar-refractivity contribution is 5.95. The summed E-state index contributed by atoms with van der Waals surface area (Å²) in [4.78, 5) is 16.8. The summed E-state index contributed by atoms with van der Waals surface area (Å²) in [5.41, 5.74) is 0.665. The first-order valence-corrected chi connectivity index (χ1v) is 8.42. The summed E-state index contributed by atoms with van der Waals surface area (Å²) in [6.45, 7) is 10.7. The van der Waals surface area contributed by atoms with Crippen LogP contribution in [0.5, 0.6) is 0 Å². The van der Waals surface area contributed by atoms with E-state index < -0.39 is 0 Å². The lowest BCUT2D eigenvalue weighted by Crippen LogP contribution is -2.49. The number of rotatable bonds is 4. The zero-order chi connectivity index (χ0) is 17.3. The first kappa shape index (κ1) is 16.7. The van der Waals surface area contributed by atoms with Gasteiger partial charge in [0.1, 0.15) is 11.5 Å². The molecule has 0 saturated carbocycles. The number of nitrogens with zero attached hydrogens (tertiary/aromatic N) is 4. The average Bonchev–Trinajstić information content (AvgIpc) is 3.20. The van der Waals surface area contributed by atoms with Crippen molar-refractivity contribution < 1.29 is 13.6 Å². The topological polar surface area (TPSA) is 75.6 Å². The molecule has 24 heavy (non-hydrogen) atoms. The molecular formula is C17H24N4O3. The zero-order valence-electron chi connectivity index (χ0n) is 14.7. The predicted molar refractivity (Wildman–Crippen MR) is 87.7 cm³/mol. The molecule has 3 rings (SSSR count). The maximum atomic E-state index is 12.6. The van der Waals surface area contributed by atoms with E-state index in [-0.39, 0.29) is 11.9 Å². The third kappa shape index (κ3) is 3.21. The molecule has 2 aromatic rings. The van der Waals surface area contributed by atoms with E-state index in [1.807, 2.05) is 31.7 Å². The molecule has 7 nitrogen and oxygen atoms in total. The van der Waals surface area contributed by atoms with Crippen LogP contribution in [0, 0.1) is 13.8 Å². The van der Waals surface area contributed by atoms with E-state index in [9.17, 15) is 4.79 Å². The molecule has 1 aliphatic heterocycles. The molecule has 3 heterocycles. The summed E-state index contributed by atoms with van der Waals surface area (Å²) in [6, 6.07) is 1.88. The third-order valence-electron chi connectivity index (χ3n) is 4.56. The van der Waals surface area contributed by atoms with E-state index in [1.54, 1.807) is 0 Å². The van der Waals surface area contributed by atoms with Crippen LogP contribution in [0.25, 0.3) is 0 Å². The monoisotopic (exact) mass is 332 g/mol. The third-order valence-corrected chi connectivity index (χ3v) is 4.56. The van der Waals surface area contributed by atoms with Crippen molar-refractivity contribution in [3.63, 3.8) is 0 Å². The van der Waals surface area contributed by atoms with Gasteiger partial charge in [0, 0.05) is 32.6 Å². The maximum absolute atomic E-state index is 12.6. The summed E-state index contributed by atoms with van der Waals surface area (Å²) < 4.78 is 11.1. The smallest absolute Gasteiger partial charge is 0.257 e. The largest absolute Gasteiger partial charge is 0.466 e. The van der Waals surface area contributed by atoms with Gasteiger partial charge >= 0.3 is 0 Å². The quantitative estimate of drug-likeness (QED) is 0.855. The van der Waals surface area contributed by atoms with Crippen molar-refractivity contribution in [2.75, 3.05) is 26.2 Å². The molecule has 0 bridgehead atoms. The minimum atomic E-state index is 0.0442. The van der Waals surface area contributed by atoms with Gasteiger partial charge in [-0.2, -0.15) is 0 Å². The van der Waals surface area contributed by atoms with E-state index in [2.05, 4.69) is 22.0 Å². The Bertz CT molecular complexity index is 713. The van der Waals surface area contributed by atoms with Crippen LogP contribution in [0.15, 0.2) is 14.9 Å². The molecule has 1 fully saturated rings. The average molecular weight is 332 g/mol. The molecule has 1 atom stereocenters. The normalized spacial score (nSPS) is 17.2. The number of hydrogen-bond donors (Lipinski definition) is 0. The van der Waals surface area contributed by atoms with E-state index in [1.165, 1.54) is 0 Å². The Morgan fingerprint density at radius 1 is 1.21 bits per heavy atom. The highest BCUT2D eigenvalue weighted by Crippen LogP contribution is 2.22. The fourth-order valence-electron chi connectivity index (χ4n) is 3.06. The van der Waals surface area contributed by atoms with Gasteiger partial charge in [-0.15, -0.1) is 10.2 Å². The van der Waals surface area contributed by atoms with Gasteiger partial charge in [0.15, 0.2) is 0 Å². The van der Waals surface area contributed by atoms with Crippen molar-refractivity contribution in [3.8, 4) is 0 Å². The lowest BCUT2D eigenvalue weighted by Gasteiger charge is -2.36. The summed E-state index contributed by atoms with van der Waals surface area (Å²) in [5, 5.41) is 8.15. The second-order valence-electron chi connectivity index (χ2n) is 6.22. The van der Waals surface area contributed by atoms with Crippen LogP contribution in [0.4, 0.5) is 0 Å². The van der Waals surface area contributed by atoms with Crippen molar-refractivity contribution in [1.82, 2.24) is 20.0 Å². The number of hydrogen-bond acceptors (Lipinski definition) is 6. The fraction of sp³-hybridized carbons (Fsp3) is 0.588. The van der Waals surface area contributed by atoms with Crippen molar-refractivity contribution in [1.29, 1.82) is 0 Å². The Morgan fingerprint density at radius 3 is 2.46 bits per heavy atom. The summed E-state index contributed by atoms with van der Waals surface area (Å²) in [7, 11) is 0. The van der Waals surface area contributed by atoms with Gasteiger partial charge in [0.05, 0.1) is 11.6 Å². The van der Waals surface area contributed by atoms with Crippen LogP contribution in [0.3, 0.4) is 0 Å². The Hall–Kier alpha value is -2.15. The Kier molecular flexibility index (Phi) is 4.71.